The molecule has 1 atom stereocenters. The van der Waals surface area contributed by atoms with Gasteiger partial charge >= 0.3 is 12.0 Å². The summed E-state index contributed by atoms with van der Waals surface area (Å²) in [5.74, 6) is -0.486. The molecule has 0 saturated carbocycles. The standard InChI is InChI=1S/C14H16N4O3/c1-18(9-11-15-7-8-16-11)14(21)17-12(13(19)20)10-5-3-2-4-6-10/h2-8,12H,9H2,1H3,(H,15,16)(H,17,21)(H,19,20)/t12-/m0/s1. The van der Waals surface area contributed by atoms with E-state index in [0.717, 1.165) is 0 Å². The third-order valence-corrected chi connectivity index (χ3v) is 2.94. The molecule has 0 spiro atoms. The van der Waals surface area contributed by atoms with Crippen molar-refractivity contribution >= 4 is 12.0 Å². The number of hydrogen-bond donors (Lipinski definition) is 3. The molecule has 0 aliphatic heterocycles. The number of carbonyl (C=O) groups excluding carboxylic acids is 1. The van der Waals surface area contributed by atoms with Crippen LogP contribution in [0.3, 0.4) is 0 Å². The second-order valence-corrected chi connectivity index (χ2v) is 4.52. The van der Waals surface area contributed by atoms with Crippen molar-refractivity contribution in [2.45, 2.75) is 12.6 Å². The van der Waals surface area contributed by atoms with Gasteiger partial charge in [-0.15, -0.1) is 0 Å². The van der Waals surface area contributed by atoms with Crippen LogP contribution in [0.5, 0.6) is 0 Å². The molecule has 2 rings (SSSR count). The lowest BCUT2D eigenvalue weighted by molar-refractivity contribution is -0.139. The summed E-state index contributed by atoms with van der Waals surface area (Å²) in [7, 11) is 1.57. The number of amides is 2. The number of hydrogen-bond acceptors (Lipinski definition) is 3. The summed E-state index contributed by atoms with van der Waals surface area (Å²) in [6.07, 6.45) is 3.25. The maximum absolute atomic E-state index is 12.1. The monoisotopic (exact) mass is 288 g/mol. The molecule has 0 aliphatic carbocycles. The molecule has 2 aromatic rings. The molecule has 1 aromatic heterocycles. The van der Waals surface area contributed by atoms with Crippen LogP contribution in [-0.2, 0) is 11.3 Å². The summed E-state index contributed by atoms with van der Waals surface area (Å²) >= 11 is 0. The summed E-state index contributed by atoms with van der Waals surface area (Å²) in [4.78, 5) is 31.6. The molecule has 7 nitrogen and oxygen atoms in total. The second kappa shape index (κ2) is 6.56. The Bertz CT molecular complexity index is 598. The van der Waals surface area contributed by atoms with E-state index >= 15 is 0 Å². The molecule has 1 heterocycles. The normalized spacial score (nSPS) is 11.7. The van der Waals surface area contributed by atoms with Crippen LogP contribution in [0.2, 0.25) is 0 Å². The van der Waals surface area contributed by atoms with Gasteiger partial charge in [0.1, 0.15) is 5.82 Å². The largest absolute Gasteiger partial charge is 0.479 e. The Morgan fingerprint density at radius 3 is 2.67 bits per heavy atom. The van der Waals surface area contributed by atoms with Crippen molar-refractivity contribution < 1.29 is 14.7 Å². The highest BCUT2D eigenvalue weighted by atomic mass is 16.4. The molecular weight excluding hydrogens is 272 g/mol. The van der Waals surface area contributed by atoms with Gasteiger partial charge in [-0.05, 0) is 5.56 Å². The molecular formula is C14H16N4O3. The molecule has 1 aromatic carbocycles. The van der Waals surface area contributed by atoms with E-state index in [-0.39, 0.29) is 6.54 Å². The van der Waals surface area contributed by atoms with Gasteiger partial charge in [-0.1, -0.05) is 30.3 Å². The van der Waals surface area contributed by atoms with Crippen molar-refractivity contribution in [2.24, 2.45) is 0 Å². The molecule has 0 radical (unpaired) electrons. The molecule has 0 bridgehead atoms. The first-order valence-corrected chi connectivity index (χ1v) is 6.35. The smallest absolute Gasteiger partial charge is 0.330 e. The Balaban J connectivity index is 2.03. The van der Waals surface area contributed by atoms with E-state index in [0.29, 0.717) is 11.4 Å². The highest BCUT2D eigenvalue weighted by Crippen LogP contribution is 2.13. The van der Waals surface area contributed by atoms with Crippen LogP contribution < -0.4 is 5.32 Å². The predicted octanol–water partition coefficient (Wildman–Crippen LogP) is 1.38. The maximum Gasteiger partial charge on any atom is 0.330 e. The number of aromatic nitrogens is 2. The minimum atomic E-state index is -1.11. The summed E-state index contributed by atoms with van der Waals surface area (Å²) in [6.45, 7) is 0.264. The Kier molecular flexibility index (Phi) is 4.55. The number of nitrogens with zero attached hydrogens (tertiary/aromatic N) is 2. The van der Waals surface area contributed by atoms with Crippen LogP contribution in [0.1, 0.15) is 17.4 Å². The molecule has 110 valence electrons. The molecule has 3 N–H and O–H groups in total. The first-order valence-electron chi connectivity index (χ1n) is 6.35. The van der Waals surface area contributed by atoms with Gasteiger partial charge in [0.2, 0.25) is 0 Å². The van der Waals surface area contributed by atoms with Gasteiger partial charge in [0, 0.05) is 19.4 Å². The molecule has 7 heteroatoms. The lowest BCUT2D eigenvalue weighted by atomic mass is 10.1. The average Bonchev–Trinajstić information content (AvgIpc) is 2.98. The van der Waals surface area contributed by atoms with Gasteiger partial charge in [-0.25, -0.2) is 14.6 Å². The van der Waals surface area contributed by atoms with Crippen molar-refractivity contribution in [3.63, 3.8) is 0 Å². The van der Waals surface area contributed by atoms with E-state index < -0.39 is 18.0 Å². The van der Waals surface area contributed by atoms with E-state index in [4.69, 9.17) is 0 Å². The zero-order valence-electron chi connectivity index (χ0n) is 11.5. The maximum atomic E-state index is 12.1. The first-order chi connectivity index (χ1) is 10.1. The fourth-order valence-electron chi connectivity index (χ4n) is 1.85. The Morgan fingerprint density at radius 1 is 1.38 bits per heavy atom. The van der Waals surface area contributed by atoms with Crippen LogP contribution in [0.4, 0.5) is 4.79 Å². The molecule has 0 fully saturated rings. The molecule has 0 saturated heterocycles. The van der Waals surface area contributed by atoms with E-state index in [9.17, 15) is 14.7 Å². The lowest BCUT2D eigenvalue weighted by Gasteiger charge is -2.21. The highest BCUT2D eigenvalue weighted by molar-refractivity contribution is 5.83. The number of carboxylic acids is 1. The first kappa shape index (κ1) is 14.6. The van der Waals surface area contributed by atoms with Crippen LogP contribution in [0, 0.1) is 0 Å². The third-order valence-electron chi connectivity index (χ3n) is 2.94. The van der Waals surface area contributed by atoms with Crippen molar-refractivity contribution in [3.05, 3.63) is 54.1 Å². The topological polar surface area (TPSA) is 98.3 Å². The van der Waals surface area contributed by atoms with Gasteiger partial charge in [0.05, 0.1) is 6.54 Å². The average molecular weight is 288 g/mol. The van der Waals surface area contributed by atoms with Gasteiger partial charge in [-0.3, -0.25) is 0 Å². The van der Waals surface area contributed by atoms with E-state index in [1.165, 1.54) is 4.90 Å². The van der Waals surface area contributed by atoms with Crippen LogP contribution in [0.25, 0.3) is 0 Å². The Hall–Kier alpha value is -2.83. The third kappa shape index (κ3) is 3.82. The minimum absolute atomic E-state index is 0.264. The summed E-state index contributed by atoms with van der Waals surface area (Å²) in [6, 6.07) is 6.98. The number of aliphatic carboxylic acids is 1. The van der Waals surface area contributed by atoms with Crippen molar-refractivity contribution in [2.75, 3.05) is 7.05 Å². The summed E-state index contributed by atoms with van der Waals surface area (Å²) in [5, 5.41) is 11.8. The highest BCUT2D eigenvalue weighted by Gasteiger charge is 2.23. The summed E-state index contributed by atoms with van der Waals surface area (Å²) in [5.41, 5.74) is 0.518. The fraction of sp³-hybridized carbons (Fsp3) is 0.214. The SMILES string of the molecule is CN(Cc1ncc[nH]1)C(=O)N[C@H](C(=O)O)c1ccccc1. The van der Waals surface area contributed by atoms with Crippen molar-refractivity contribution in [1.82, 2.24) is 20.2 Å². The van der Waals surface area contributed by atoms with Crippen LogP contribution in [-0.4, -0.2) is 39.0 Å². The molecule has 0 unspecified atom stereocenters. The molecule has 2 amide bonds. The molecule has 0 aliphatic rings. The van der Waals surface area contributed by atoms with Gasteiger partial charge in [0.15, 0.2) is 6.04 Å². The molecule has 21 heavy (non-hydrogen) atoms. The Morgan fingerprint density at radius 2 is 2.10 bits per heavy atom. The van der Waals surface area contributed by atoms with Gasteiger partial charge in [0.25, 0.3) is 0 Å². The van der Waals surface area contributed by atoms with E-state index in [1.54, 1.807) is 49.8 Å². The number of H-pyrrole nitrogens is 1. The number of nitrogens with one attached hydrogen (secondary N) is 2. The van der Waals surface area contributed by atoms with Gasteiger partial charge in [-0.2, -0.15) is 0 Å². The van der Waals surface area contributed by atoms with Crippen molar-refractivity contribution in [3.8, 4) is 0 Å². The summed E-state index contributed by atoms with van der Waals surface area (Å²) < 4.78 is 0. The van der Waals surface area contributed by atoms with Crippen LogP contribution >= 0.6 is 0 Å². The van der Waals surface area contributed by atoms with Gasteiger partial charge < -0.3 is 20.3 Å². The lowest BCUT2D eigenvalue weighted by Crippen LogP contribution is -2.41. The number of urea groups is 1. The van der Waals surface area contributed by atoms with Crippen LogP contribution in [0.15, 0.2) is 42.7 Å². The zero-order chi connectivity index (χ0) is 15.2. The number of carboxylic acid groups (broad SMARTS) is 1. The Labute approximate surface area is 121 Å². The van der Waals surface area contributed by atoms with E-state index in [1.807, 2.05) is 0 Å². The number of benzene rings is 1. The number of imidazole rings is 1. The quantitative estimate of drug-likeness (QED) is 0.774. The number of rotatable bonds is 5. The predicted molar refractivity (Wildman–Crippen MR) is 75.4 cm³/mol. The fourth-order valence-corrected chi connectivity index (χ4v) is 1.85. The van der Waals surface area contributed by atoms with E-state index in [2.05, 4.69) is 15.3 Å². The number of aromatic amines is 1. The zero-order valence-corrected chi connectivity index (χ0v) is 11.5. The van der Waals surface area contributed by atoms with Crippen molar-refractivity contribution in [1.29, 1.82) is 0 Å². The second-order valence-electron chi connectivity index (χ2n) is 4.52. The number of carbonyl (C=O) groups is 2. The minimum Gasteiger partial charge on any atom is -0.479 e.